The van der Waals surface area contributed by atoms with Crippen LogP contribution in [0.2, 0.25) is 0 Å². The van der Waals surface area contributed by atoms with E-state index in [1.54, 1.807) is 31.7 Å². The van der Waals surface area contributed by atoms with E-state index in [4.69, 9.17) is 9.47 Å². The molecule has 0 spiro atoms. The van der Waals surface area contributed by atoms with Gasteiger partial charge in [-0.15, -0.1) is 0 Å². The quantitative estimate of drug-likeness (QED) is 0.579. The molecular formula is C27H40N4O6. The highest BCUT2D eigenvalue weighted by atomic mass is 16.6. The summed E-state index contributed by atoms with van der Waals surface area (Å²) in [6.45, 7) is 13.6. The summed E-state index contributed by atoms with van der Waals surface area (Å²) < 4.78 is 10.8. The van der Waals surface area contributed by atoms with Gasteiger partial charge in [-0.2, -0.15) is 0 Å². The Morgan fingerprint density at radius 2 is 1.59 bits per heavy atom. The largest absolute Gasteiger partial charge is 0.460 e. The van der Waals surface area contributed by atoms with Crippen LogP contribution in [0.3, 0.4) is 0 Å². The molecule has 0 bridgehead atoms. The molecule has 2 heterocycles. The first-order chi connectivity index (χ1) is 17.2. The highest BCUT2D eigenvalue weighted by Gasteiger charge is 2.37. The molecule has 10 heteroatoms. The summed E-state index contributed by atoms with van der Waals surface area (Å²) in [7, 11) is 1.52. The molecule has 37 heavy (non-hydrogen) atoms. The first-order valence-electron chi connectivity index (χ1n) is 12.8. The Morgan fingerprint density at radius 1 is 0.973 bits per heavy atom. The molecule has 10 nitrogen and oxygen atoms in total. The first kappa shape index (κ1) is 28.3. The van der Waals surface area contributed by atoms with E-state index >= 15 is 0 Å². The van der Waals surface area contributed by atoms with E-state index < -0.39 is 23.2 Å². The summed E-state index contributed by atoms with van der Waals surface area (Å²) in [5, 5.41) is 2.62. The average molecular weight is 517 g/mol. The monoisotopic (exact) mass is 516 g/mol. The van der Waals surface area contributed by atoms with Crippen LogP contribution >= 0.6 is 0 Å². The number of carbonyl (C=O) groups is 4. The second kappa shape index (κ2) is 11.0. The van der Waals surface area contributed by atoms with Crippen molar-refractivity contribution >= 4 is 29.6 Å². The van der Waals surface area contributed by atoms with Crippen molar-refractivity contribution in [2.45, 2.75) is 78.2 Å². The Balaban J connectivity index is 1.66. The number of piperazine rings is 1. The predicted molar refractivity (Wildman–Crippen MR) is 139 cm³/mol. The summed E-state index contributed by atoms with van der Waals surface area (Å²) in [4.78, 5) is 55.9. The minimum absolute atomic E-state index is 0.0304. The lowest BCUT2D eigenvalue weighted by Gasteiger charge is -2.36. The number of amides is 3. The predicted octanol–water partition coefficient (Wildman–Crippen LogP) is 2.94. The van der Waals surface area contributed by atoms with E-state index in [0.717, 1.165) is 11.3 Å². The molecule has 1 aromatic rings. The van der Waals surface area contributed by atoms with Crippen molar-refractivity contribution in [2.24, 2.45) is 0 Å². The third-order valence-electron chi connectivity index (χ3n) is 6.18. The van der Waals surface area contributed by atoms with Gasteiger partial charge in [-0.1, -0.05) is 0 Å². The van der Waals surface area contributed by atoms with Crippen molar-refractivity contribution < 1.29 is 28.7 Å². The Bertz CT molecular complexity index is 1030. The molecule has 204 valence electrons. The summed E-state index contributed by atoms with van der Waals surface area (Å²) >= 11 is 0. The number of nitrogens with zero attached hydrogens (tertiary/aromatic N) is 3. The fraction of sp³-hybridized carbons (Fsp3) is 0.630. The first-order valence-corrected chi connectivity index (χ1v) is 12.8. The number of hydrogen-bond donors (Lipinski definition) is 1. The molecule has 1 fully saturated rings. The van der Waals surface area contributed by atoms with Gasteiger partial charge in [0.25, 0.3) is 5.91 Å². The van der Waals surface area contributed by atoms with Gasteiger partial charge in [-0.05, 0) is 71.7 Å². The zero-order valence-electron chi connectivity index (χ0n) is 23.1. The highest BCUT2D eigenvalue weighted by Crippen LogP contribution is 2.30. The SMILES string of the molecule is CNC(=O)[C@H](CCC(=O)OC(C)(C)C)N1Cc2cc(N3CCN(C(=O)OC(C)(C)C)CC3)ccc2C1=O. The number of fused-ring (bicyclic) bond motifs is 1. The number of benzene rings is 1. The van der Waals surface area contributed by atoms with Gasteiger partial charge in [0.05, 0.1) is 0 Å². The van der Waals surface area contributed by atoms with Gasteiger partial charge in [0, 0.05) is 57.4 Å². The number of nitrogens with one attached hydrogen (secondary N) is 1. The summed E-state index contributed by atoms with van der Waals surface area (Å²) in [5.74, 6) is -0.948. The van der Waals surface area contributed by atoms with Crippen LogP contribution in [0.5, 0.6) is 0 Å². The van der Waals surface area contributed by atoms with Crippen molar-refractivity contribution in [1.29, 1.82) is 0 Å². The van der Waals surface area contributed by atoms with Gasteiger partial charge < -0.3 is 29.5 Å². The van der Waals surface area contributed by atoms with E-state index in [1.807, 2.05) is 32.9 Å². The number of esters is 1. The lowest BCUT2D eigenvalue weighted by atomic mass is 10.1. The molecule has 1 atom stereocenters. The Kier molecular flexibility index (Phi) is 8.39. The zero-order chi connectivity index (χ0) is 27.5. The minimum Gasteiger partial charge on any atom is -0.460 e. The molecule has 1 saturated heterocycles. The normalized spacial score (nSPS) is 16.8. The smallest absolute Gasteiger partial charge is 0.410 e. The molecule has 3 rings (SSSR count). The van der Waals surface area contributed by atoms with Gasteiger partial charge in [0.1, 0.15) is 17.2 Å². The highest BCUT2D eigenvalue weighted by molar-refractivity contribution is 6.01. The number of likely N-dealkylation sites (N-methyl/N-ethyl adjacent to an activating group) is 1. The van der Waals surface area contributed by atoms with Crippen LogP contribution in [-0.4, -0.2) is 84.1 Å². The molecule has 0 saturated carbocycles. The van der Waals surface area contributed by atoms with E-state index in [9.17, 15) is 19.2 Å². The number of ether oxygens (including phenoxy) is 2. The standard InChI is InChI=1S/C27H40N4O6/c1-26(2,3)36-22(32)11-10-21(23(33)28-7)31-17-18-16-19(8-9-20(18)24(31)34)29-12-14-30(15-13-29)25(35)37-27(4,5)6/h8-9,16,21H,10-15,17H2,1-7H3,(H,28,33)/t21-/m0/s1. The van der Waals surface area contributed by atoms with E-state index in [1.165, 1.54) is 11.9 Å². The molecule has 2 aliphatic heterocycles. The van der Waals surface area contributed by atoms with Crippen molar-refractivity contribution in [3.8, 4) is 0 Å². The number of anilines is 1. The second-order valence-corrected chi connectivity index (χ2v) is 11.5. The molecule has 0 aliphatic carbocycles. The fourth-order valence-electron chi connectivity index (χ4n) is 4.49. The van der Waals surface area contributed by atoms with Crippen LogP contribution in [0.25, 0.3) is 0 Å². The Morgan fingerprint density at radius 3 is 2.16 bits per heavy atom. The lowest BCUT2D eigenvalue weighted by Crippen LogP contribution is -2.50. The number of hydrogen-bond acceptors (Lipinski definition) is 7. The fourth-order valence-corrected chi connectivity index (χ4v) is 4.49. The maximum Gasteiger partial charge on any atom is 0.410 e. The van der Waals surface area contributed by atoms with Gasteiger partial charge in [-0.3, -0.25) is 14.4 Å². The van der Waals surface area contributed by atoms with E-state index in [-0.39, 0.29) is 37.3 Å². The molecular weight excluding hydrogens is 476 g/mol. The van der Waals surface area contributed by atoms with Gasteiger partial charge in [0.15, 0.2) is 0 Å². The molecule has 2 aliphatic rings. The topological polar surface area (TPSA) is 108 Å². The van der Waals surface area contributed by atoms with Crippen LogP contribution in [0, 0.1) is 0 Å². The van der Waals surface area contributed by atoms with Gasteiger partial charge in [0.2, 0.25) is 5.91 Å². The number of carbonyl (C=O) groups excluding carboxylic acids is 4. The van der Waals surface area contributed by atoms with Crippen LogP contribution in [-0.2, 0) is 25.6 Å². The third kappa shape index (κ3) is 7.36. The molecule has 0 aromatic heterocycles. The Hall–Kier alpha value is -3.30. The molecule has 3 amide bonds. The molecule has 0 radical (unpaired) electrons. The summed E-state index contributed by atoms with van der Waals surface area (Å²) in [6, 6.07) is 4.89. The van der Waals surface area contributed by atoms with E-state index in [0.29, 0.717) is 31.7 Å². The second-order valence-electron chi connectivity index (χ2n) is 11.5. The third-order valence-corrected chi connectivity index (χ3v) is 6.18. The van der Waals surface area contributed by atoms with Crippen molar-refractivity contribution in [3.63, 3.8) is 0 Å². The maximum atomic E-state index is 13.2. The van der Waals surface area contributed by atoms with Gasteiger partial charge >= 0.3 is 12.1 Å². The van der Waals surface area contributed by atoms with Crippen LogP contribution in [0.1, 0.15) is 70.3 Å². The molecule has 1 N–H and O–H groups in total. The zero-order valence-corrected chi connectivity index (χ0v) is 23.1. The molecule has 0 unspecified atom stereocenters. The molecule has 1 aromatic carbocycles. The van der Waals surface area contributed by atoms with Gasteiger partial charge in [-0.25, -0.2) is 4.79 Å². The summed E-state index contributed by atoms with van der Waals surface area (Å²) in [5.41, 5.74) is 1.20. The van der Waals surface area contributed by atoms with Crippen LogP contribution in [0.15, 0.2) is 18.2 Å². The number of rotatable bonds is 6. The van der Waals surface area contributed by atoms with Crippen molar-refractivity contribution in [3.05, 3.63) is 29.3 Å². The van der Waals surface area contributed by atoms with Crippen LogP contribution in [0.4, 0.5) is 10.5 Å². The lowest BCUT2D eigenvalue weighted by molar-refractivity contribution is -0.155. The van der Waals surface area contributed by atoms with Crippen molar-refractivity contribution in [1.82, 2.24) is 15.1 Å². The van der Waals surface area contributed by atoms with Crippen LogP contribution < -0.4 is 10.2 Å². The maximum absolute atomic E-state index is 13.2. The average Bonchev–Trinajstić information content (AvgIpc) is 3.12. The summed E-state index contributed by atoms with van der Waals surface area (Å²) in [6.07, 6.45) is -0.106. The minimum atomic E-state index is -0.779. The van der Waals surface area contributed by atoms with E-state index in [2.05, 4.69) is 10.2 Å². The van der Waals surface area contributed by atoms with Crippen molar-refractivity contribution in [2.75, 3.05) is 38.1 Å². The Labute approximate surface area is 219 Å².